The van der Waals surface area contributed by atoms with Crippen LogP contribution in [0.15, 0.2) is 41.0 Å². The van der Waals surface area contributed by atoms with Crippen molar-refractivity contribution in [2.24, 2.45) is 0 Å². The van der Waals surface area contributed by atoms with Crippen molar-refractivity contribution in [2.45, 2.75) is 12.8 Å². The van der Waals surface area contributed by atoms with Crippen molar-refractivity contribution in [3.05, 3.63) is 52.9 Å². The highest BCUT2D eigenvalue weighted by molar-refractivity contribution is 6.32. The van der Waals surface area contributed by atoms with Crippen molar-refractivity contribution >= 4 is 17.5 Å². The number of carbonyl (C=O) groups excluding carboxylic acids is 1. The molecule has 1 aromatic carbocycles. The molecule has 0 aliphatic rings. The van der Waals surface area contributed by atoms with Crippen molar-refractivity contribution in [1.82, 2.24) is 5.32 Å². The van der Waals surface area contributed by atoms with Crippen molar-refractivity contribution in [3.63, 3.8) is 0 Å². The van der Waals surface area contributed by atoms with Crippen molar-refractivity contribution in [2.75, 3.05) is 13.7 Å². The van der Waals surface area contributed by atoms with E-state index in [2.05, 4.69) is 5.32 Å². The molecule has 5 heteroatoms. The summed E-state index contributed by atoms with van der Waals surface area (Å²) in [5.74, 6) is 1.33. The lowest BCUT2D eigenvalue weighted by Gasteiger charge is -2.07. The Morgan fingerprint density at radius 3 is 2.90 bits per heavy atom. The molecule has 0 atom stereocenters. The van der Waals surface area contributed by atoms with Crippen LogP contribution in [0.3, 0.4) is 0 Å². The monoisotopic (exact) mass is 293 g/mol. The summed E-state index contributed by atoms with van der Waals surface area (Å²) in [7, 11) is 1.54. The van der Waals surface area contributed by atoms with Crippen LogP contribution in [0.25, 0.3) is 0 Å². The summed E-state index contributed by atoms with van der Waals surface area (Å²) in [5, 5.41) is 3.27. The van der Waals surface area contributed by atoms with Crippen molar-refractivity contribution in [1.29, 1.82) is 0 Å². The van der Waals surface area contributed by atoms with E-state index in [9.17, 15) is 4.79 Å². The van der Waals surface area contributed by atoms with Gasteiger partial charge in [0.05, 0.1) is 18.4 Å². The molecule has 0 bridgehead atoms. The van der Waals surface area contributed by atoms with E-state index in [4.69, 9.17) is 20.8 Å². The van der Waals surface area contributed by atoms with Gasteiger partial charge in [0, 0.05) is 18.5 Å². The molecular formula is C15H16ClNO3. The smallest absolute Gasteiger partial charge is 0.251 e. The molecule has 0 fully saturated rings. The van der Waals surface area contributed by atoms with Gasteiger partial charge in [0.15, 0.2) is 0 Å². The molecular weight excluding hydrogens is 278 g/mol. The molecule has 0 aliphatic heterocycles. The van der Waals surface area contributed by atoms with Gasteiger partial charge in [-0.25, -0.2) is 0 Å². The number of rotatable bonds is 6. The number of nitrogens with one attached hydrogen (secondary N) is 1. The van der Waals surface area contributed by atoms with Crippen LogP contribution in [0.1, 0.15) is 22.5 Å². The Bertz CT molecular complexity index is 567. The van der Waals surface area contributed by atoms with Crippen LogP contribution in [0.2, 0.25) is 5.02 Å². The van der Waals surface area contributed by atoms with Crippen LogP contribution >= 0.6 is 11.6 Å². The number of hydrogen-bond donors (Lipinski definition) is 1. The molecule has 0 spiro atoms. The Balaban J connectivity index is 1.81. The van der Waals surface area contributed by atoms with Gasteiger partial charge in [-0.15, -0.1) is 0 Å². The molecule has 20 heavy (non-hydrogen) atoms. The first-order valence-electron chi connectivity index (χ1n) is 6.35. The second-order valence-electron chi connectivity index (χ2n) is 4.29. The van der Waals surface area contributed by atoms with Gasteiger partial charge in [-0.2, -0.15) is 0 Å². The number of carbonyl (C=O) groups is 1. The third-order valence-corrected chi connectivity index (χ3v) is 3.17. The molecule has 1 heterocycles. The molecule has 2 rings (SSSR count). The van der Waals surface area contributed by atoms with E-state index in [1.54, 1.807) is 24.5 Å². The normalized spacial score (nSPS) is 10.3. The predicted molar refractivity (Wildman–Crippen MR) is 77.4 cm³/mol. The number of aryl methyl sites for hydroxylation is 1. The Morgan fingerprint density at radius 1 is 1.40 bits per heavy atom. The second kappa shape index (κ2) is 7.01. The zero-order chi connectivity index (χ0) is 14.4. The first kappa shape index (κ1) is 14.5. The number of furan rings is 1. The van der Waals surface area contributed by atoms with Crippen LogP contribution < -0.4 is 10.1 Å². The van der Waals surface area contributed by atoms with E-state index in [-0.39, 0.29) is 5.91 Å². The predicted octanol–water partition coefficient (Wildman–Crippen LogP) is 3.30. The number of halogens is 1. The highest BCUT2D eigenvalue weighted by Gasteiger charge is 2.08. The maximum Gasteiger partial charge on any atom is 0.251 e. The van der Waals surface area contributed by atoms with Crippen LogP contribution in [0.4, 0.5) is 0 Å². The average molecular weight is 294 g/mol. The van der Waals surface area contributed by atoms with E-state index in [0.29, 0.717) is 22.9 Å². The van der Waals surface area contributed by atoms with E-state index in [1.165, 1.54) is 7.11 Å². The maximum absolute atomic E-state index is 11.9. The molecule has 2 aromatic rings. The van der Waals surface area contributed by atoms with Crippen molar-refractivity contribution in [3.8, 4) is 5.75 Å². The molecule has 1 aromatic heterocycles. The summed E-state index contributed by atoms with van der Waals surface area (Å²) in [4.78, 5) is 11.9. The second-order valence-corrected chi connectivity index (χ2v) is 4.70. The van der Waals surface area contributed by atoms with E-state index in [1.807, 2.05) is 12.1 Å². The summed E-state index contributed by atoms with van der Waals surface area (Å²) in [6, 6.07) is 8.74. The summed E-state index contributed by atoms with van der Waals surface area (Å²) in [6.07, 6.45) is 3.27. The molecule has 0 aliphatic carbocycles. The number of benzene rings is 1. The molecule has 106 valence electrons. The van der Waals surface area contributed by atoms with E-state index >= 15 is 0 Å². The van der Waals surface area contributed by atoms with Gasteiger partial charge in [0.2, 0.25) is 0 Å². The first-order chi connectivity index (χ1) is 9.70. The van der Waals surface area contributed by atoms with E-state index < -0.39 is 0 Å². The van der Waals surface area contributed by atoms with E-state index in [0.717, 1.165) is 18.6 Å². The standard InChI is InChI=1S/C15H16ClNO3/c1-19-14-7-6-11(10-13(14)16)15(18)17-8-2-4-12-5-3-9-20-12/h3,5-7,9-10H,2,4,8H2,1H3,(H,17,18). The Hall–Kier alpha value is -1.94. The zero-order valence-corrected chi connectivity index (χ0v) is 11.9. The molecule has 0 saturated carbocycles. The fraction of sp³-hybridized carbons (Fsp3) is 0.267. The van der Waals surface area contributed by atoms with Gasteiger partial charge < -0.3 is 14.5 Å². The third-order valence-electron chi connectivity index (χ3n) is 2.88. The molecule has 0 saturated heterocycles. The minimum Gasteiger partial charge on any atom is -0.495 e. The molecule has 0 radical (unpaired) electrons. The maximum atomic E-state index is 11.9. The molecule has 0 unspecified atom stereocenters. The lowest BCUT2D eigenvalue weighted by Crippen LogP contribution is -2.24. The van der Waals surface area contributed by atoms with Crippen LogP contribution in [-0.2, 0) is 6.42 Å². The number of amides is 1. The molecule has 4 nitrogen and oxygen atoms in total. The zero-order valence-electron chi connectivity index (χ0n) is 11.2. The summed E-state index contributed by atoms with van der Waals surface area (Å²) in [6.45, 7) is 0.586. The largest absolute Gasteiger partial charge is 0.495 e. The average Bonchev–Trinajstić information content (AvgIpc) is 2.96. The third kappa shape index (κ3) is 3.78. The van der Waals surface area contributed by atoms with Gasteiger partial charge in [-0.1, -0.05) is 11.6 Å². The topological polar surface area (TPSA) is 51.5 Å². The number of methoxy groups -OCH3 is 1. The lowest BCUT2D eigenvalue weighted by molar-refractivity contribution is 0.0953. The first-order valence-corrected chi connectivity index (χ1v) is 6.72. The summed E-state index contributed by atoms with van der Waals surface area (Å²) in [5.41, 5.74) is 0.522. The molecule has 1 N–H and O–H groups in total. The van der Waals surface area contributed by atoms with Gasteiger partial charge in [0.25, 0.3) is 5.91 Å². The number of ether oxygens (including phenoxy) is 1. The quantitative estimate of drug-likeness (QED) is 0.831. The van der Waals surface area contributed by atoms with Gasteiger partial charge in [0.1, 0.15) is 11.5 Å². The van der Waals surface area contributed by atoms with Crippen molar-refractivity contribution < 1.29 is 13.9 Å². The SMILES string of the molecule is COc1ccc(C(=O)NCCCc2ccco2)cc1Cl. The van der Waals surface area contributed by atoms with Gasteiger partial charge in [-0.3, -0.25) is 4.79 Å². The molecule has 1 amide bonds. The Kier molecular flexibility index (Phi) is 5.07. The lowest BCUT2D eigenvalue weighted by atomic mass is 10.2. The fourth-order valence-electron chi connectivity index (χ4n) is 1.83. The fourth-order valence-corrected chi connectivity index (χ4v) is 2.09. The number of hydrogen-bond acceptors (Lipinski definition) is 3. The Morgan fingerprint density at radius 2 is 2.25 bits per heavy atom. The van der Waals surface area contributed by atoms with Gasteiger partial charge in [-0.05, 0) is 36.8 Å². The van der Waals surface area contributed by atoms with Crippen LogP contribution in [0.5, 0.6) is 5.75 Å². The summed E-state index contributed by atoms with van der Waals surface area (Å²) < 4.78 is 10.3. The summed E-state index contributed by atoms with van der Waals surface area (Å²) >= 11 is 5.99. The Labute approximate surface area is 122 Å². The minimum atomic E-state index is -0.144. The van der Waals surface area contributed by atoms with Gasteiger partial charge >= 0.3 is 0 Å². The highest BCUT2D eigenvalue weighted by Crippen LogP contribution is 2.24. The minimum absolute atomic E-state index is 0.144. The van der Waals surface area contributed by atoms with Crippen LogP contribution in [-0.4, -0.2) is 19.6 Å². The highest BCUT2D eigenvalue weighted by atomic mass is 35.5. The van der Waals surface area contributed by atoms with Crippen LogP contribution in [0, 0.1) is 0 Å².